The van der Waals surface area contributed by atoms with Crippen molar-refractivity contribution in [2.45, 2.75) is 0 Å². The van der Waals surface area contributed by atoms with Crippen LogP contribution in [0, 0.1) is 0 Å². The highest BCUT2D eigenvalue weighted by Gasteiger charge is 1.78. The molecule has 0 amide bonds. The average Bonchev–Trinajstić information content (AvgIpc) is 1.36. The molecule has 6 nitrogen and oxygen atoms in total. The highest BCUT2D eigenvalue weighted by molar-refractivity contribution is 7.86. The Hall–Kier alpha value is -0.210. The van der Waals surface area contributed by atoms with E-state index in [1.807, 2.05) is 0 Å². The lowest BCUT2D eigenvalue weighted by Crippen LogP contribution is -2.21. The SMILES string of the molecule is NO.NS(N)(=O)=O. The summed E-state index contributed by atoms with van der Waals surface area (Å²) in [6, 6.07) is 0. The monoisotopic (exact) mass is 129 g/mol. The molecule has 7 N–H and O–H groups in total. The van der Waals surface area contributed by atoms with Crippen LogP contribution in [-0.2, 0) is 10.2 Å². The first-order valence-electron chi connectivity index (χ1n) is 1.06. The lowest BCUT2D eigenvalue weighted by Gasteiger charge is -1.72. The van der Waals surface area contributed by atoms with Crippen LogP contribution in [0.1, 0.15) is 0 Å². The lowest BCUT2D eigenvalue weighted by atomic mass is 13.6. The fourth-order valence-electron chi connectivity index (χ4n) is 0. The zero-order valence-electron chi connectivity index (χ0n) is 3.40. The summed E-state index contributed by atoms with van der Waals surface area (Å²) in [7, 11) is -3.67. The summed E-state index contributed by atoms with van der Waals surface area (Å²) in [6.45, 7) is 0. The molecule has 0 aromatic heterocycles. The maximum atomic E-state index is 9.19. The highest BCUT2D eigenvalue weighted by Crippen LogP contribution is 1.40. The summed E-state index contributed by atoms with van der Waals surface area (Å²) in [4.78, 5) is 0. The number of nitrogens with two attached hydrogens (primary N) is 3. The van der Waals surface area contributed by atoms with Crippen molar-refractivity contribution in [3.63, 3.8) is 0 Å². The van der Waals surface area contributed by atoms with Crippen molar-refractivity contribution in [1.29, 1.82) is 0 Å². The van der Waals surface area contributed by atoms with E-state index in [9.17, 15) is 8.42 Å². The van der Waals surface area contributed by atoms with Crippen LogP contribution in [0.25, 0.3) is 0 Å². The molecule has 0 aliphatic rings. The molecule has 0 atom stereocenters. The molecular formula is H7N3O3S. The van der Waals surface area contributed by atoms with Gasteiger partial charge in [0.2, 0.25) is 0 Å². The smallest absolute Gasteiger partial charge is 0.271 e. The Bertz CT molecular complexity index is 93.3. The van der Waals surface area contributed by atoms with Gasteiger partial charge in [0.1, 0.15) is 0 Å². The van der Waals surface area contributed by atoms with E-state index in [4.69, 9.17) is 5.21 Å². The zero-order valence-corrected chi connectivity index (χ0v) is 4.22. The van der Waals surface area contributed by atoms with Crippen LogP contribution in [0.2, 0.25) is 0 Å². The highest BCUT2D eigenvalue weighted by atomic mass is 32.2. The normalized spacial score (nSPS) is 9.14. The van der Waals surface area contributed by atoms with E-state index in [0.29, 0.717) is 0 Å². The summed E-state index contributed by atoms with van der Waals surface area (Å²) in [5, 5.41) is 14.7. The van der Waals surface area contributed by atoms with Gasteiger partial charge in [-0.05, 0) is 0 Å². The molecule has 7 heteroatoms. The van der Waals surface area contributed by atoms with Crippen molar-refractivity contribution in [1.82, 2.24) is 0 Å². The third-order valence-corrected chi connectivity index (χ3v) is 0. The summed E-state index contributed by atoms with van der Waals surface area (Å²) < 4.78 is 18.4. The third kappa shape index (κ3) is 1890. The minimum absolute atomic E-state index is 3.50. The predicted octanol–water partition coefficient (Wildman–Crippen LogP) is -2.52. The first-order chi connectivity index (χ1) is 3.00. The van der Waals surface area contributed by atoms with Gasteiger partial charge in [-0.25, -0.2) is 16.2 Å². The molecule has 46 valence electrons. The van der Waals surface area contributed by atoms with Crippen LogP contribution in [-0.4, -0.2) is 13.6 Å². The largest absolute Gasteiger partial charge is 0.320 e. The minimum Gasteiger partial charge on any atom is -0.320 e. The Kier molecular flexibility index (Phi) is 5.62. The first-order valence-corrected chi connectivity index (χ1v) is 2.67. The first kappa shape index (κ1) is 9.92. The van der Waals surface area contributed by atoms with Crippen molar-refractivity contribution in [3.8, 4) is 0 Å². The van der Waals surface area contributed by atoms with Crippen molar-refractivity contribution in [3.05, 3.63) is 0 Å². The van der Waals surface area contributed by atoms with E-state index in [2.05, 4.69) is 16.2 Å². The van der Waals surface area contributed by atoms with Gasteiger partial charge in [0.05, 0.1) is 0 Å². The number of hydrogen-bond acceptors (Lipinski definition) is 4. The molecule has 0 bridgehead atoms. The Balaban J connectivity index is 0. The van der Waals surface area contributed by atoms with Gasteiger partial charge in [-0.1, -0.05) is 0 Å². The van der Waals surface area contributed by atoms with Crippen LogP contribution in [0.3, 0.4) is 0 Å². The summed E-state index contributed by atoms with van der Waals surface area (Å²) in [5.74, 6) is 3.50. The van der Waals surface area contributed by atoms with Gasteiger partial charge < -0.3 is 5.21 Å². The predicted molar refractivity (Wildman–Crippen MR) is 23.3 cm³/mol. The van der Waals surface area contributed by atoms with Crippen LogP contribution < -0.4 is 16.2 Å². The van der Waals surface area contributed by atoms with Gasteiger partial charge in [0, 0.05) is 0 Å². The molecular weight excluding hydrogens is 122 g/mol. The van der Waals surface area contributed by atoms with Gasteiger partial charge in [0.25, 0.3) is 10.2 Å². The second-order valence-corrected chi connectivity index (χ2v) is 1.77. The number of rotatable bonds is 0. The molecule has 0 saturated heterocycles. The summed E-state index contributed by atoms with van der Waals surface area (Å²) in [5.41, 5.74) is 0. The molecule has 0 unspecified atom stereocenters. The van der Waals surface area contributed by atoms with Crippen molar-refractivity contribution in [2.24, 2.45) is 16.2 Å². The molecule has 0 aromatic rings. The van der Waals surface area contributed by atoms with E-state index < -0.39 is 10.2 Å². The Morgan fingerprint density at radius 2 is 1.14 bits per heavy atom. The van der Waals surface area contributed by atoms with E-state index in [1.54, 1.807) is 0 Å². The lowest BCUT2D eigenvalue weighted by molar-refractivity contribution is 0.311. The Morgan fingerprint density at radius 3 is 1.14 bits per heavy atom. The maximum absolute atomic E-state index is 9.19. The fraction of sp³-hybridized carbons (Fsp3) is 0. The third-order valence-electron chi connectivity index (χ3n) is 0. The second kappa shape index (κ2) is 3.96. The summed E-state index contributed by atoms with van der Waals surface area (Å²) >= 11 is 0. The number of hydrogen-bond donors (Lipinski definition) is 4. The van der Waals surface area contributed by atoms with Crippen LogP contribution in [0.4, 0.5) is 0 Å². The molecule has 0 aliphatic heterocycles. The average molecular weight is 129 g/mol. The second-order valence-electron chi connectivity index (χ2n) is 0.589. The Morgan fingerprint density at radius 1 is 1.14 bits per heavy atom. The van der Waals surface area contributed by atoms with Crippen LogP contribution in [0.15, 0.2) is 0 Å². The topological polar surface area (TPSA) is 132 Å². The molecule has 0 heterocycles. The van der Waals surface area contributed by atoms with E-state index >= 15 is 0 Å². The van der Waals surface area contributed by atoms with E-state index in [1.165, 1.54) is 0 Å². The van der Waals surface area contributed by atoms with Crippen molar-refractivity contribution >= 4 is 10.2 Å². The Labute approximate surface area is 41.0 Å². The van der Waals surface area contributed by atoms with Crippen molar-refractivity contribution in [2.75, 3.05) is 0 Å². The van der Waals surface area contributed by atoms with E-state index in [0.717, 1.165) is 0 Å². The minimum atomic E-state index is -3.67. The van der Waals surface area contributed by atoms with Gasteiger partial charge in [-0.2, -0.15) is 8.42 Å². The molecule has 0 radical (unpaired) electrons. The van der Waals surface area contributed by atoms with Gasteiger partial charge in [0.15, 0.2) is 0 Å². The molecule has 0 fully saturated rings. The fourth-order valence-corrected chi connectivity index (χ4v) is 0. The van der Waals surface area contributed by atoms with Crippen LogP contribution >= 0.6 is 0 Å². The van der Waals surface area contributed by atoms with Gasteiger partial charge in [-0.15, -0.1) is 0 Å². The quantitative estimate of drug-likeness (QED) is 0.269. The molecule has 7 heavy (non-hydrogen) atoms. The molecule has 0 rings (SSSR count). The molecule has 0 aliphatic carbocycles. The van der Waals surface area contributed by atoms with Crippen molar-refractivity contribution < 1.29 is 13.6 Å². The molecule has 0 spiro atoms. The zero-order chi connectivity index (χ0) is 6.50. The van der Waals surface area contributed by atoms with Gasteiger partial charge in [-0.3, -0.25) is 0 Å². The van der Waals surface area contributed by atoms with E-state index in [-0.39, 0.29) is 0 Å². The maximum Gasteiger partial charge on any atom is 0.271 e. The molecule has 0 saturated carbocycles. The van der Waals surface area contributed by atoms with Gasteiger partial charge >= 0.3 is 0 Å². The molecule has 0 aromatic carbocycles. The standard InChI is InChI=1S/H4N2O2S.H3NO/c1-5(2,3)4;1-2/h(H4,1,2,3,4);2H,1H2. The summed E-state index contributed by atoms with van der Waals surface area (Å²) in [6.07, 6.45) is 0. The van der Waals surface area contributed by atoms with Crippen LogP contribution in [0.5, 0.6) is 0 Å².